The fraction of sp³-hybridized carbons (Fsp3) is 0.136. The molecule has 0 N–H and O–H groups in total. The van der Waals surface area contributed by atoms with Gasteiger partial charge in [0, 0.05) is 12.7 Å². The maximum atomic E-state index is 12.8. The largest absolute Gasteiger partial charge is 0.457 e. The van der Waals surface area contributed by atoms with Crippen molar-refractivity contribution in [2.24, 2.45) is 0 Å². The van der Waals surface area contributed by atoms with E-state index < -0.39 is 0 Å². The molecule has 0 atom stereocenters. The molecule has 0 fully saturated rings. The average Bonchev–Trinajstić information content (AvgIpc) is 2.62. The highest BCUT2D eigenvalue weighted by atomic mass is 127. The van der Waals surface area contributed by atoms with E-state index in [0.717, 1.165) is 25.8 Å². The minimum absolute atomic E-state index is 0.273. The Balaban J connectivity index is 1.97. The molecule has 0 amide bonds. The molecule has 0 aliphatic heterocycles. The van der Waals surface area contributed by atoms with Gasteiger partial charge in [0.2, 0.25) is 0 Å². The molecule has 2 nitrogen and oxygen atoms in total. The normalized spacial score (nSPS) is 10.6. The maximum Gasteiger partial charge on any atom is 0.339 e. The lowest BCUT2D eigenvalue weighted by molar-refractivity contribution is 0.0473. The highest BCUT2D eigenvalue weighted by Gasteiger charge is 2.18. The third kappa shape index (κ3) is 4.46. The smallest absolute Gasteiger partial charge is 0.339 e. The molecule has 0 radical (unpaired) electrons. The summed E-state index contributed by atoms with van der Waals surface area (Å²) in [5.41, 5.74) is 5.85. The molecule has 4 heteroatoms. The van der Waals surface area contributed by atoms with Gasteiger partial charge in [0.05, 0.1) is 5.56 Å². The van der Waals surface area contributed by atoms with E-state index >= 15 is 0 Å². The van der Waals surface area contributed by atoms with Crippen LogP contribution in [0.15, 0.2) is 60.7 Å². The van der Waals surface area contributed by atoms with Gasteiger partial charge in [-0.25, -0.2) is 4.79 Å². The van der Waals surface area contributed by atoms with E-state index in [1.54, 1.807) is 0 Å². The molecule has 0 bridgehead atoms. The van der Waals surface area contributed by atoms with E-state index in [-0.39, 0.29) is 12.6 Å². The van der Waals surface area contributed by atoms with Crippen LogP contribution >= 0.6 is 45.2 Å². The van der Waals surface area contributed by atoms with Crippen molar-refractivity contribution in [2.75, 3.05) is 0 Å². The zero-order valence-electron chi connectivity index (χ0n) is 14.6. The Kier molecular flexibility index (Phi) is 6.34. The average molecular weight is 568 g/mol. The Morgan fingerprint density at radius 3 is 2.35 bits per heavy atom. The van der Waals surface area contributed by atoms with E-state index in [2.05, 4.69) is 76.4 Å². The molecule has 3 rings (SSSR count). The lowest BCUT2D eigenvalue weighted by atomic mass is 9.97. The fourth-order valence-electron chi connectivity index (χ4n) is 2.75. The van der Waals surface area contributed by atoms with Crippen LogP contribution in [0.4, 0.5) is 0 Å². The molecule has 0 aliphatic carbocycles. The summed E-state index contributed by atoms with van der Waals surface area (Å²) in [6.07, 6.45) is 0. The van der Waals surface area contributed by atoms with Crippen molar-refractivity contribution in [1.29, 1.82) is 0 Å². The van der Waals surface area contributed by atoms with Crippen molar-refractivity contribution in [1.82, 2.24) is 0 Å². The Bertz CT molecular complexity index is 950. The van der Waals surface area contributed by atoms with Crippen molar-refractivity contribution in [3.63, 3.8) is 0 Å². The minimum atomic E-state index is -0.291. The minimum Gasteiger partial charge on any atom is -0.457 e. The van der Waals surface area contributed by atoms with Crippen LogP contribution < -0.4 is 0 Å². The lowest BCUT2D eigenvalue weighted by Crippen LogP contribution is -2.08. The second-order valence-corrected chi connectivity index (χ2v) is 8.52. The summed E-state index contributed by atoms with van der Waals surface area (Å²) >= 11 is 4.63. The second kappa shape index (κ2) is 8.52. The molecule has 0 heterocycles. The van der Waals surface area contributed by atoms with Crippen molar-refractivity contribution in [3.8, 4) is 11.1 Å². The zero-order chi connectivity index (χ0) is 18.7. The van der Waals surface area contributed by atoms with Crippen molar-refractivity contribution >= 4 is 51.2 Å². The van der Waals surface area contributed by atoms with Crippen LogP contribution in [0.1, 0.15) is 27.0 Å². The van der Waals surface area contributed by atoms with E-state index in [0.29, 0.717) is 5.56 Å². The lowest BCUT2D eigenvalue weighted by Gasteiger charge is -2.14. The summed E-state index contributed by atoms with van der Waals surface area (Å²) < 4.78 is 7.83. The first-order chi connectivity index (χ1) is 12.5. The molecule has 0 unspecified atom stereocenters. The first-order valence-electron chi connectivity index (χ1n) is 8.23. The molecular weight excluding hydrogens is 550 g/mol. The molecule has 132 valence electrons. The molecule has 0 saturated heterocycles. The van der Waals surface area contributed by atoms with Crippen LogP contribution in [0.5, 0.6) is 0 Å². The van der Waals surface area contributed by atoms with Gasteiger partial charge in [-0.1, -0.05) is 42.5 Å². The number of rotatable bonds is 4. The van der Waals surface area contributed by atoms with Crippen LogP contribution in [0, 0.1) is 21.0 Å². The SMILES string of the molecule is Cc1cc(I)c(-c2ccc(C)c(I)c2)c(C(=O)OCc2ccccc2)c1. The quantitative estimate of drug-likeness (QED) is 0.264. The summed E-state index contributed by atoms with van der Waals surface area (Å²) in [4.78, 5) is 12.8. The number of halogens is 2. The van der Waals surface area contributed by atoms with Gasteiger partial charge in [0.15, 0.2) is 0 Å². The number of hydrogen-bond acceptors (Lipinski definition) is 2. The van der Waals surface area contributed by atoms with E-state index in [1.807, 2.05) is 43.3 Å². The predicted octanol–water partition coefficient (Wildman–Crippen LogP) is 6.54. The van der Waals surface area contributed by atoms with Crippen LogP contribution in [-0.4, -0.2) is 5.97 Å². The zero-order valence-corrected chi connectivity index (χ0v) is 18.9. The van der Waals surface area contributed by atoms with Gasteiger partial charge in [0.25, 0.3) is 0 Å². The third-order valence-electron chi connectivity index (χ3n) is 4.13. The van der Waals surface area contributed by atoms with E-state index in [4.69, 9.17) is 4.74 Å². The number of benzene rings is 3. The van der Waals surface area contributed by atoms with Gasteiger partial charge in [-0.3, -0.25) is 0 Å². The topological polar surface area (TPSA) is 26.3 Å². The number of esters is 1. The van der Waals surface area contributed by atoms with Crippen LogP contribution in [0.2, 0.25) is 0 Å². The molecule has 3 aromatic rings. The molecule has 0 aliphatic rings. The predicted molar refractivity (Wildman–Crippen MR) is 122 cm³/mol. The summed E-state index contributed by atoms with van der Waals surface area (Å²) in [5, 5.41) is 0. The Morgan fingerprint density at radius 2 is 1.65 bits per heavy atom. The highest BCUT2D eigenvalue weighted by Crippen LogP contribution is 2.32. The van der Waals surface area contributed by atoms with Crippen molar-refractivity contribution < 1.29 is 9.53 Å². The van der Waals surface area contributed by atoms with Gasteiger partial charge in [-0.05, 0) is 99.5 Å². The molecule has 26 heavy (non-hydrogen) atoms. The first kappa shape index (κ1) is 19.4. The van der Waals surface area contributed by atoms with Crippen molar-refractivity contribution in [2.45, 2.75) is 20.5 Å². The second-order valence-electron chi connectivity index (χ2n) is 6.19. The molecule has 0 aromatic heterocycles. The standard InChI is InChI=1S/C22H18I2O2/c1-14-10-18(22(25)26-13-16-6-4-3-5-7-16)21(20(24)11-14)17-9-8-15(2)19(23)12-17/h3-12H,13H2,1-2H3. The van der Waals surface area contributed by atoms with Crippen LogP contribution in [-0.2, 0) is 11.3 Å². The van der Waals surface area contributed by atoms with Gasteiger partial charge >= 0.3 is 5.97 Å². The van der Waals surface area contributed by atoms with E-state index in [9.17, 15) is 4.79 Å². The number of ether oxygens (including phenoxy) is 1. The number of aryl methyl sites for hydroxylation is 2. The summed E-state index contributed by atoms with van der Waals surface area (Å²) in [6, 6.07) is 20.0. The fourth-order valence-corrected chi connectivity index (χ4v) is 4.35. The molecule has 0 spiro atoms. The summed E-state index contributed by atoms with van der Waals surface area (Å²) in [5.74, 6) is -0.291. The summed E-state index contributed by atoms with van der Waals surface area (Å²) in [6.45, 7) is 4.36. The maximum absolute atomic E-state index is 12.8. The highest BCUT2D eigenvalue weighted by molar-refractivity contribution is 14.1. The van der Waals surface area contributed by atoms with Gasteiger partial charge in [-0.15, -0.1) is 0 Å². The third-order valence-corrected chi connectivity index (χ3v) is 6.14. The van der Waals surface area contributed by atoms with Crippen LogP contribution in [0.3, 0.4) is 0 Å². The van der Waals surface area contributed by atoms with Gasteiger partial charge < -0.3 is 4.74 Å². The first-order valence-corrected chi connectivity index (χ1v) is 10.4. The molecule has 3 aromatic carbocycles. The van der Waals surface area contributed by atoms with E-state index in [1.165, 1.54) is 9.13 Å². The Labute approximate surface area is 181 Å². The Hall–Kier alpha value is -1.41. The molecule has 0 saturated carbocycles. The summed E-state index contributed by atoms with van der Waals surface area (Å²) in [7, 11) is 0. The van der Waals surface area contributed by atoms with Gasteiger partial charge in [-0.2, -0.15) is 0 Å². The van der Waals surface area contributed by atoms with Crippen molar-refractivity contribution in [3.05, 3.63) is 90.1 Å². The van der Waals surface area contributed by atoms with Crippen LogP contribution in [0.25, 0.3) is 11.1 Å². The number of hydrogen-bond donors (Lipinski definition) is 0. The molecular formula is C22H18I2O2. The monoisotopic (exact) mass is 568 g/mol. The Morgan fingerprint density at radius 1 is 0.923 bits per heavy atom. The number of carbonyl (C=O) groups is 1. The van der Waals surface area contributed by atoms with Gasteiger partial charge in [0.1, 0.15) is 6.61 Å². The number of carbonyl (C=O) groups excluding carboxylic acids is 1.